The standard InChI is InChI=1S/C17H16F3N5O/c1-11-3-5-13(14(18)7-11)16(26,9-25-10-22-23-24-25)17(19,20)15-6-4-12(2)8-21-15/h3-8,10,26H,9H2,1-2H3/t16-/m0/s1. The van der Waals surface area contributed by atoms with Crippen LogP contribution in [0, 0.1) is 19.7 Å². The summed E-state index contributed by atoms with van der Waals surface area (Å²) in [6.07, 6.45) is 2.32. The number of alkyl halides is 2. The van der Waals surface area contributed by atoms with E-state index in [4.69, 9.17) is 0 Å². The Hall–Kier alpha value is -2.81. The number of hydrogen-bond donors (Lipinski definition) is 1. The summed E-state index contributed by atoms with van der Waals surface area (Å²) in [5.41, 5.74) is -2.99. The van der Waals surface area contributed by atoms with Gasteiger partial charge in [0.1, 0.15) is 17.8 Å². The molecule has 2 aromatic heterocycles. The van der Waals surface area contributed by atoms with Crippen LogP contribution in [0.25, 0.3) is 0 Å². The number of nitrogens with zero attached hydrogens (tertiary/aromatic N) is 5. The van der Waals surface area contributed by atoms with E-state index in [2.05, 4.69) is 20.5 Å². The van der Waals surface area contributed by atoms with Crippen molar-refractivity contribution in [2.24, 2.45) is 0 Å². The average molecular weight is 363 g/mol. The first-order valence-corrected chi connectivity index (χ1v) is 7.75. The zero-order chi connectivity index (χ0) is 18.9. The molecular formula is C17H16F3N5O. The Bertz CT molecular complexity index is 899. The predicted octanol–water partition coefficient (Wildman–Crippen LogP) is 2.50. The van der Waals surface area contributed by atoms with Crippen molar-refractivity contribution in [3.8, 4) is 0 Å². The Morgan fingerprint density at radius 3 is 2.42 bits per heavy atom. The number of aliphatic hydroxyl groups is 1. The fourth-order valence-electron chi connectivity index (χ4n) is 2.66. The van der Waals surface area contributed by atoms with Gasteiger partial charge < -0.3 is 5.11 Å². The number of hydrogen-bond acceptors (Lipinski definition) is 5. The molecule has 26 heavy (non-hydrogen) atoms. The second-order valence-corrected chi connectivity index (χ2v) is 6.15. The van der Waals surface area contributed by atoms with Crippen molar-refractivity contribution in [2.75, 3.05) is 0 Å². The Balaban J connectivity index is 2.17. The lowest BCUT2D eigenvalue weighted by molar-refractivity contribution is -0.207. The van der Waals surface area contributed by atoms with Crippen molar-refractivity contribution in [1.29, 1.82) is 0 Å². The van der Waals surface area contributed by atoms with Gasteiger partial charge in [-0.15, -0.1) is 5.10 Å². The molecule has 0 spiro atoms. The molecule has 0 bridgehead atoms. The Kier molecular flexibility index (Phi) is 4.49. The number of halogens is 3. The molecule has 0 aliphatic rings. The number of tetrazole rings is 1. The molecular weight excluding hydrogens is 347 g/mol. The number of aryl methyl sites for hydroxylation is 2. The van der Waals surface area contributed by atoms with E-state index in [9.17, 15) is 9.50 Å². The molecule has 0 radical (unpaired) electrons. The lowest BCUT2D eigenvalue weighted by atomic mass is 9.84. The highest BCUT2D eigenvalue weighted by molar-refractivity contribution is 5.33. The zero-order valence-electron chi connectivity index (χ0n) is 14.1. The third-order valence-corrected chi connectivity index (χ3v) is 4.10. The van der Waals surface area contributed by atoms with E-state index in [1.807, 2.05) is 0 Å². The van der Waals surface area contributed by atoms with Crippen LogP contribution in [0.1, 0.15) is 22.4 Å². The SMILES string of the molecule is Cc1ccc(C(F)(F)[C@](O)(Cn2cnnn2)c2ccc(C)cc2F)nc1. The predicted molar refractivity (Wildman–Crippen MR) is 85.7 cm³/mol. The van der Waals surface area contributed by atoms with E-state index in [0.717, 1.165) is 29.2 Å². The molecule has 0 aliphatic heterocycles. The minimum atomic E-state index is -3.91. The molecule has 0 saturated heterocycles. The molecule has 1 atom stereocenters. The van der Waals surface area contributed by atoms with Crippen molar-refractivity contribution in [3.63, 3.8) is 0 Å². The highest BCUT2D eigenvalue weighted by atomic mass is 19.3. The number of pyridine rings is 1. The molecule has 3 rings (SSSR count). The van der Waals surface area contributed by atoms with Crippen molar-refractivity contribution >= 4 is 0 Å². The van der Waals surface area contributed by atoms with E-state index < -0.39 is 35.1 Å². The molecule has 0 saturated carbocycles. The van der Waals surface area contributed by atoms with Gasteiger partial charge in [-0.05, 0) is 47.5 Å². The molecule has 0 unspecified atom stereocenters. The fourth-order valence-corrected chi connectivity index (χ4v) is 2.66. The third-order valence-electron chi connectivity index (χ3n) is 4.10. The van der Waals surface area contributed by atoms with Gasteiger partial charge in [-0.3, -0.25) is 4.98 Å². The summed E-state index contributed by atoms with van der Waals surface area (Å²) in [5.74, 6) is -4.87. The lowest BCUT2D eigenvalue weighted by Gasteiger charge is -2.35. The van der Waals surface area contributed by atoms with Crippen molar-refractivity contribution in [2.45, 2.75) is 31.9 Å². The average Bonchev–Trinajstić information content (AvgIpc) is 3.07. The van der Waals surface area contributed by atoms with Crippen LogP contribution in [-0.4, -0.2) is 30.3 Å². The van der Waals surface area contributed by atoms with Gasteiger partial charge in [0.2, 0.25) is 0 Å². The van der Waals surface area contributed by atoms with Crippen LogP contribution in [0.3, 0.4) is 0 Å². The summed E-state index contributed by atoms with van der Waals surface area (Å²) < 4.78 is 46.1. The van der Waals surface area contributed by atoms with Crippen molar-refractivity contribution in [1.82, 2.24) is 25.2 Å². The molecule has 0 amide bonds. The molecule has 1 N–H and O–H groups in total. The summed E-state index contributed by atoms with van der Waals surface area (Å²) >= 11 is 0. The Labute approximate surface area is 147 Å². The van der Waals surface area contributed by atoms with Gasteiger partial charge in [-0.2, -0.15) is 8.78 Å². The summed E-state index contributed by atoms with van der Waals surface area (Å²) in [4.78, 5) is 3.72. The molecule has 2 heterocycles. The second kappa shape index (κ2) is 6.49. The molecule has 0 fully saturated rings. The van der Waals surface area contributed by atoms with E-state index in [1.165, 1.54) is 18.3 Å². The number of benzene rings is 1. The first-order chi connectivity index (χ1) is 12.2. The maximum absolute atomic E-state index is 15.3. The Morgan fingerprint density at radius 1 is 1.12 bits per heavy atom. The monoisotopic (exact) mass is 363 g/mol. The van der Waals surface area contributed by atoms with Gasteiger partial charge in [0, 0.05) is 11.8 Å². The summed E-state index contributed by atoms with van der Waals surface area (Å²) in [7, 11) is 0. The van der Waals surface area contributed by atoms with Crippen LogP contribution in [0.15, 0.2) is 42.9 Å². The smallest absolute Gasteiger partial charge is 0.323 e. The van der Waals surface area contributed by atoms with Crippen LogP contribution in [0.4, 0.5) is 13.2 Å². The van der Waals surface area contributed by atoms with Gasteiger partial charge in [0.25, 0.3) is 0 Å². The van der Waals surface area contributed by atoms with Gasteiger partial charge in [-0.25, -0.2) is 9.07 Å². The Morgan fingerprint density at radius 2 is 1.85 bits per heavy atom. The van der Waals surface area contributed by atoms with Crippen LogP contribution < -0.4 is 0 Å². The number of aromatic nitrogens is 5. The van der Waals surface area contributed by atoms with Gasteiger partial charge in [0.15, 0.2) is 5.60 Å². The molecule has 136 valence electrons. The molecule has 9 heteroatoms. The molecule has 6 nitrogen and oxygen atoms in total. The third kappa shape index (κ3) is 3.05. The van der Waals surface area contributed by atoms with Crippen LogP contribution >= 0.6 is 0 Å². The number of rotatable bonds is 5. The maximum Gasteiger partial charge on any atom is 0.323 e. The summed E-state index contributed by atoms with van der Waals surface area (Å²) in [6, 6.07) is 6.21. The van der Waals surface area contributed by atoms with E-state index in [1.54, 1.807) is 13.8 Å². The molecule has 0 aliphatic carbocycles. The first-order valence-electron chi connectivity index (χ1n) is 7.75. The van der Waals surface area contributed by atoms with Gasteiger partial charge in [-0.1, -0.05) is 18.2 Å². The normalized spacial score (nSPS) is 14.2. The van der Waals surface area contributed by atoms with Crippen molar-refractivity contribution < 1.29 is 18.3 Å². The second-order valence-electron chi connectivity index (χ2n) is 6.15. The summed E-state index contributed by atoms with van der Waals surface area (Å²) in [6.45, 7) is 2.55. The largest absolute Gasteiger partial charge is 0.377 e. The van der Waals surface area contributed by atoms with Crippen LogP contribution in [0.2, 0.25) is 0 Å². The van der Waals surface area contributed by atoms with E-state index in [-0.39, 0.29) is 0 Å². The first kappa shape index (κ1) is 18.0. The summed E-state index contributed by atoms with van der Waals surface area (Å²) in [5, 5.41) is 21.3. The highest BCUT2D eigenvalue weighted by Crippen LogP contribution is 2.46. The molecule has 1 aromatic carbocycles. The minimum absolute atomic E-state index is 0.535. The van der Waals surface area contributed by atoms with Crippen molar-refractivity contribution in [3.05, 3.63) is 71.1 Å². The van der Waals surface area contributed by atoms with Gasteiger partial charge >= 0.3 is 5.92 Å². The van der Waals surface area contributed by atoms with Crippen LogP contribution in [-0.2, 0) is 18.1 Å². The minimum Gasteiger partial charge on any atom is -0.377 e. The topological polar surface area (TPSA) is 76.7 Å². The zero-order valence-corrected chi connectivity index (χ0v) is 14.1. The van der Waals surface area contributed by atoms with E-state index in [0.29, 0.717) is 11.1 Å². The lowest BCUT2D eigenvalue weighted by Crippen LogP contribution is -2.48. The van der Waals surface area contributed by atoms with Gasteiger partial charge in [0.05, 0.1) is 6.54 Å². The van der Waals surface area contributed by atoms with Crippen LogP contribution in [0.5, 0.6) is 0 Å². The fraction of sp³-hybridized carbons (Fsp3) is 0.294. The maximum atomic E-state index is 15.3. The van der Waals surface area contributed by atoms with E-state index >= 15 is 8.78 Å². The highest BCUT2D eigenvalue weighted by Gasteiger charge is 2.57. The molecule has 3 aromatic rings. The quantitative estimate of drug-likeness (QED) is 0.754.